The van der Waals surface area contributed by atoms with Gasteiger partial charge in [0.15, 0.2) is 0 Å². The molecule has 0 spiro atoms. The maximum atomic E-state index is 12.4. The summed E-state index contributed by atoms with van der Waals surface area (Å²) in [6.07, 6.45) is 3.34. The van der Waals surface area contributed by atoms with Crippen molar-refractivity contribution >= 4 is 23.5 Å². The van der Waals surface area contributed by atoms with E-state index in [0.29, 0.717) is 29.8 Å². The van der Waals surface area contributed by atoms with Crippen LogP contribution in [0.1, 0.15) is 16.8 Å². The molecule has 0 aliphatic heterocycles. The summed E-state index contributed by atoms with van der Waals surface area (Å²) in [5.41, 5.74) is 4.10. The fourth-order valence-corrected chi connectivity index (χ4v) is 3.76. The van der Waals surface area contributed by atoms with Crippen LogP contribution >= 0.6 is 11.8 Å². The first kappa shape index (κ1) is 20.0. The van der Waals surface area contributed by atoms with E-state index in [4.69, 9.17) is 4.42 Å². The van der Waals surface area contributed by atoms with Crippen molar-refractivity contribution in [1.29, 1.82) is 0 Å². The van der Waals surface area contributed by atoms with Crippen LogP contribution in [0, 0.1) is 6.92 Å². The average Bonchev–Trinajstić information content (AvgIpc) is 3.39. The largest absolute Gasteiger partial charge is 0.444 e. The first-order chi connectivity index (χ1) is 14.7. The maximum Gasteiger partial charge on any atom is 0.235 e. The number of carbonyl (C=O) groups is 1. The van der Waals surface area contributed by atoms with Crippen LogP contribution < -0.4 is 5.32 Å². The molecule has 1 N–H and O–H groups in total. The molecule has 0 saturated heterocycles. The Morgan fingerprint density at radius 2 is 2.00 bits per heavy atom. The van der Waals surface area contributed by atoms with Gasteiger partial charge in [0.05, 0.1) is 24.2 Å². The third-order valence-corrected chi connectivity index (χ3v) is 5.42. The second kappa shape index (κ2) is 9.45. The monoisotopic (exact) mass is 418 g/mol. The molecule has 2 aromatic heterocycles. The molecule has 30 heavy (non-hydrogen) atoms. The molecule has 0 fully saturated rings. The summed E-state index contributed by atoms with van der Waals surface area (Å²) in [6, 6.07) is 19.8. The molecule has 0 saturated carbocycles. The van der Waals surface area contributed by atoms with Gasteiger partial charge in [0, 0.05) is 17.4 Å². The van der Waals surface area contributed by atoms with Crippen LogP contribution in [0.25, 0.3) is 11.5 Å². The van der Waals surface area contributed by atoms with Crippen molar-refractivity contribution in [3.8, 4) is 11.5 Å². The number of aromatic nitrogens is 3. The Bertz CT molecular complexity index is 1120. The van der Waals surface area contributed by atoms with E-state index < -0.39 is 0 Å². The Morgan fingerprint density at radius 3 is 2.83 bits per heavy atom. The molecule has 0 unspecified atom stereocenters. The molecule has 0 bridgehead atoms. The van der Waals surface area contributed by atoms with Crippen LogP contribution in [0.2, 0.25) is 0 Å². The molecule has 0 atom stereocenters. The Hall–Kier alpha value is -3.32. The van der Waals surface area contributed by atoms with Gasteiger partial charge in [-0.1, -0.05) is 48.0 Å². The molecule has 2 heterocycles. The summed E-state index contributed by atoms with van der Waals surface area (Å²) in [4.78, 5) is 16.9. The highest BCUT2D eigenvalue weighted by atomic mass is 32.2. The van der Waals surface area contributed by atoms with Crippen LogP contribution in [0.4, 0.5) is 5.82 Å². The standard InChI is InChI=1S/C23H22N4O2S/c1-17-6-5-7-18(12-17)13-27-21(10-11-24-27)26-22(28)16-30-15-20-14-29-23(25-20)19-8-3-2-4-9-19/h2-12,14H,13,15-16H2,1H3,(H,26,28). The number of rotatable bonds is 8. The second-order valence-electron chi connectivity index (χ2n) is 6.91. The second-order valence-corrected chi connectivity index (χ2v) is 7.90. The van der Waals surface area contributed by atoms with Gasteiger partial charge in [-0.15, -0.1) is 11.8 Å². The van der Waals surface area contributed by atoms with Crippen molar-refractivity contribution < 1.29 is 9.21 Å². The SMILES string of the molecule is Cc1cccc(Cn2nccc2NC(=O)CSCc2coc(-c3ccccc3)n2)c1. The van der Waals surface area contributed by atoms with Gasteiger partial charge >= 0.3 is 0 Å². The van der Waals surface area contributed by atoms with E-state index in [1.54, 1.807) is 17.1 Å². The molecule has 4 rings (SSSR count). The molecule has 0 radical (unpaired) electrons. The van der Waals surface area contributed by atoms with Gasteiger partial charge in [0.25, 0.3) is 0 Å². The normalized spacial score (nSPS) is 10.8. The minimum absolute atomic E-state index is 0.0715. The number of anilines is 1. The Labute approximate surface area is 179 Å². The molecule has 7 heteroatoms. The lowest BCUT2D eigenvalue weighted by Gasteiger charge is -2.09. The van der Waals surface area contributed by atoms with Gasteiger partial charge in [0.1, 0.15) is 12.1 Å². The van der Waals surface area contributed by atoms with E-state index in [-0.39, 0.29) is 5.91 Å². The zero-order valence-electron chi connectivity index (χ0n) is 16.6. The predicted molar refractivity (Wildman–Crippen MR) is 119 cm³/mol. The zero-order chi connectivity index (χ0) is 20.8. The maximum absolute atomic E-state index is 12.4. The highest BCUT2D eigenvalue weighted by molar-refractivity contribution is 7.99. The van der Waals surface area contributed by atoms with Gasteiger partial charge in [0.2, 0.25) is 11.8 Å². The van der Waals surface area contributed by atoms with Crippen molar-refractivity contribution in [3.05, 3.63) is 89.9 Å². The van der Waals surface area contributed by atoms with Crippen LogP contribution in [0.15, 0.2) is 77.5 Å². The Balaban J connectivity index is 1.28. The lowest BCUT2D eigenvalue weighted by Crippen LogP contribution is -2.18. The first-order valence-electron chi connectivity index (χ1n) is 9.62. The van der Waals surface area contributed by atoms with Gasteiger partial charge in [-0.3, -0.25) is 4.79 Å². The molecule has 6 nitrogen and oxygen atoms in total. The van der Waals surface area contributed by atoms with E-state index in [2.05, 4.69) is 40.5 Å². The van der Waals surface area contributed by atoms with Crippen LogP contribution in [-0.2, 0) is 17.1 Å². The number of carbonyl (C=O) groups excluding carboxylic acids is 1. The number of hydrogen-bond acceptors (Lipinski definition) is 5. The van der Waals surface area contributed by atoms with Crippen LogP contribution in [-0.4, -0.2) is 26.4 Å². The summed E-state index contributed by atoms with van der Waals surface area (Å²) < 4.78 is 7.33. The number of nitrogens with zero attached hydrogens (tertiary/aromatic N) is 3. The number of nitrogens with one attached hydrogen (secondary N) is 1. The number of amides is 1. The fraction of sp³-hybridized carbons (Fsp3) is 0.174. The van der Waals surface area contributed by atoms with Crippen molar-refractivity contribution in [2.45, 2.75) is 19.2 Å². The number of oxazole rings is 1. The van der Waals surface area contributed by atoms with Gasteiger partial charge in [-0.05, 0) is 24.6 Å². The van der Waals surface area contributed by atoms with Crippen molar-refractivity contribution in [2.75, 3.05) is 11.1 Å². The topological polar surface area (TPSA) is 73.0 Å². The smallest absolute Gasteiger partial charge is 0.235 e. The molecule has 152 valence electrons. The van der Waals surface area contributed by atoms with Crippen molar-refractivity contribution in [3.63, 3.8) is 0 Å². The minimum atomic E-state index is -0.0715. The van der Waals surface area contributed by atoms with Gasteiger partial charge in [-0.2, -0.15) is 5.10 Å². The van der Waals surface area contributed by atoms with Gasteiger partial charge < -0.3 is 9.73 Å². The molecule has 1 amide bonds. The van der Waals surface area contributed by atoms with E-state index in [1.807, 2.05) is 42.5 Å². The summed E-state index contributed by atoms with van der Waals surface area (Å²) in [5, 5.41) is 7.27. The van der Waals surface area contributed by atoms with Crippen LogP contribution in [0.3, 0.4) is 0 Å². The minimum Gasteiger partial charge on any atom is -0.444 e. The highest BCUT2D eigenvalue weighted by Crippen LogP contribution is 2.20. The average molecular weight is 419 g/mol. The summed E-state index contributed by atoms with van der Waals surface area (Å²) >= 11 is 1.49. The number of hydrogen-bond donors (Lipinski definition) is 1. The third-order valence-electron chi connectivity index (χ3n) is 4.45. The van der Waals surface area contributed by atoms with E-state index in [1.165, 1.54) is 17.3 Å². The Kier molecular flexibility index (Phi) is 6.29. The number of thioether (sulfide) groups is 1. The summed E-state index contributed by atoms with van der Waals surface area (Å²) in [7, 11) is 0. The lowest BCUT2D eigenvalue weighted by atomic mass is 10.1. The fourth-order valence-electron chi connectivity index (χ4n) is 3.06. The highest BCUT2D eigenvalue weighted by Gasteiger charge is 2.10. The third kappa shape index (κ3) is 5.18. The molecule has 0 aliphatic carbocycles. The van der Waals surface area contributed by atoms with Crippen molar-refractivity contribution in [2.24, 2.45) is 0 Å². The molecule has 2 aromatic carbocycles. The summed E-state index contributed by atoms with van der Waals surface area (Å²) in [6.45, 7) is 2.67. The summed E-state index contributed by atoms with van der Waals surface area (Å²) in [5.74, 6) is 2.14. The molecule has 4 aromatic rings. The zero-order valence-corrected chi connectivity index (χ0v) is 17.4. The molecular formula is C23H22N4O2S. The quantitative estimate of drug-likeness (QED) is 0.446. The van der Waals surface area contributed by atoms with E-state index in [0.717, 1.165) is 16.8 Å². The van der Waals surface area contributed by atoms with E-state index in [9.17, 15) is 4.79 Å². The molecule has 0 aliphatic rings. The number of benzene rings is 2. The van der Waals surface area contributed by atoms with E-state index >= 15 is 0 Å². The van der Waals surface area contributed by atoms with Crippen molar-refractivity contribution in [1.82, 2.24) is 14.8 Å². The predicted octanol–water partition coefficient (Wildman–Crippen LogP) is 4.77. The molecular weight excluding hydrogens is 396 g/mol. The van der Waals surface area contributed by atoms with Crippen LogP contribution in [0.5, 0.6) is 0 Å². The number of aryl methyl sites for hydroxylation is 1. The first-order valence-corrected chi connectivity index (χ1v) is 10.8. The van der Waals surface area contributed by atoms with Gasteiger partial charge in [-0.25, -0.2) is 9.67 Å². The Morgan fingerprint density at radius 1 is 1.13 bits per heavy atom. The lowest BCUT2D eigenvalue weighted by molar-refractivity contribution is -0.113.